The van der Waals surface area contributed by atoms with Gasteiger partial charge in [-0.2, -0.15) is 0 Å². The van der Waals surface area contributed by atoms with Crippen molar-refractivity contribution in [3.63, 3.8) is 0 Å². The maximum atomic E-state index is 5.19. The van der Waals surface area contributed by atoms with Crippen LogP contribution in [0.2, 0.25) is 0 Å². The van der Waals surface area contributed by atoms with Gasteiger partial charge in [-0.1, -0.05) is 41.4 Å². The van der Waals surface area contributed by atoms with Gasteiger partial charge in [0.05, 0.1) is 0 Å². The Morgan fingerprint density at radius 3 is 1.44 bits per heavy atom. The van der Waals surface area contributed by atoms with Crippen molar-refractivity contribution >= 4 is 34.8 Å². The molecule has 54 valence electrons. The molecule has 0 rings (SSSR count). The Morgan fingerprint density at radius 1 is 1.33 bits per heavy atom. The zero-order valence-corrected chi connectivity index (χ0v) is 7.69. The number of hydrogen-bond acceptors (Lipinski definition) is 0. The monoisotopic (exact) mass is 186 g/mol. The van der Waals surface area contributed by atoms with Crippen molar-refractivity contribution in [3.05, 3.63) is 22.2 Å². The molecule has 3 heteroatoms. The van der Waals surface area contributed by atoms with E-state index in [0.717, 1.165) is 0 Å². The van der Waals surface area contributed by atoms with Crippen LogP contribution in [0.1, 0.15) is 13.8 Å². The Morgan fingerprint density at radius 2 is 1.44 bits per heavy atom. The summed E-state index contributed by atoms with van der Waals surface area (Å²) in [4.78, 5) is 0. The lowest BCUT2D eigenvalue weighted by molar-refractivity contribution is 1.70. The summed E-state index contributed by atoms with van der Waals surface area (Å²) >= 11 is 15.3. The van der Waals surface area contributed by atoms with Crippen molar-refractivity contribution in [1.82, 2.24) is 0 Å². The van der Waals surface area contributed by atoms with Crippen LogP contribution in [0.4, 0.5) is 0 Å². The van der Waals surface area contributed by atoms with E-state index in [1.165, 1.54) is 5.54 Å². The molecule has 0 amide bonds. The van der Waals surface area contributed by atoms with Crippen LogP contribution in [-0.4, -0.2) is 0 Å². The SMILES string of the molecule is C=C(C)Cl.CC(Cl)=CCl. The molecule has 0 saturated carbocycles. The van der Waals surface area contributed by atoms with Crippen LogP contribution < -0.4 is 0 Å². The second-order valence-corrected chi connectivity index (χ2v) is 2.83. The van der Waals surface area contributed by atoms with Crippen LogP contribution in [0, 0.1) is 0 Å². The lowest BCUT2D eigenvalue weighted by Crippen LogP contribution is -1.42. The molecule has 0 nitrogen and oxygen atoms in total. The van der Waals surface area contributed by atoms with E-state index >= 15 is 0 Å². The Bertz CT molecular complexity index is 96.9. The third-order valence-electron chi connectivity index (χ3n) is 0.150. The first kappa shape index (κ1) is 12.1. The fourth-order valence-corrected chi connectivity index (χ4v) is 0. The van der Waals surface area contributed by atoms with Crippen LogP contribution in [0.25, 0.3) is 0 Å². The van der Waals surface area contributed by atoms with Gasteiger partial charge in [-0.3, -0.25) is 0 Å². The van der Waals surface area contributed by atoms with Crippen LogP contribution in [-0.2, 0) is 0 Å². The van der Waals surface area contributed by atoms with Gasteiger partial charge in [0.2, 0.25) is 0 Å². The van der Waals surface area contributed by atoms with Crippen molar-refractivity contribution in [2.45, 2.75) is 13.8 Å². The van der Waals surface area contributed by atoms with Crippen LogP contribution in [0.15, 0.2) is 22.2 Å². The first-order valence-corrected chi connectivity index (χ1v) is 3.43. The van der Waals surface area contributed by atoms with Crippen molar-refractivity contribution in [2.24, 2.45) is 0 Å². The summed E-state index contributed by atoms with van der Waals surface area (Å²) in [6.45, 7) is 6.78. The largest absolute Gasteiger partial charge is 0.0917 e. The summed E-state index contributed by atoms with van der Waals surface area (Å²) in [7, 11) is 0. The second kappa shape index (κ2) is 8.35. The van der Waals surface area contributed by atoms with E-state index in [0.29, 0.717) is 10.1 Å². The molecule has 0 aliphatic heterocycles. The first-order valence-electron chi connectivity index (χ1n) is 2.24. The Hall–Kier alpha value is 0.350. The van der Waals surface area contributed by atoms with Gasteiger partial charge in [0, 0.05) is 15.6 Å². The normalized spacial score (nSPS) is 9.67. The summed E-state index contributed by atoms with van der Waals surface area (Å²) in [6, 6.07) is 0. The van der Waals surface area contributed by atoms with Crippen LogP contribution >= 0.6 is 34.8 Å². The molecule has 0 bridgehead atoms. The molecule has 0 saturated heterocycles. The molecule has 0 N–H and O–H groups in total. The van der Waals surface area contributed by atoms with E-state index in [-0.39, 0.29) is 0 Å². The van der Waals surface area contributed by atoms with E-state index < -0.39 is 0 Å². The van der Waals surface area contributed by atoms with E-state index in [1.54, 1.807) is 13.8 Å². The third-order valence-corrected chi connectivity index (χ3v) is 0.698. The minimum atomic E-state index is 0.617. The predicted octanol–water partition coefficient (Wildman–Crippen LogP) is 4.08. The number of allylic oxidation sites excluding steroid dienone is 2. The fraction of sp³-hybridized carbons (Fsp3) is 0.333. The van der Waals surface area contributed by atoms with Gasteiger partial charge in [0.1, 0.15) is 0 Å². The molecule has 0 aromatic rings. The van der Waals surface area contributed by atoms with Gasteiger partial charge in [-0.05, 0) is 13.8 Å². The lowest BCUT2D eigenvalue weighted by Gasteiger charge is -1.68. The minimum Gasteiger partial charge on any atom is -0.0917 e. The maximum absolute atomic E-state index is 5.19. The molecule has 0 spiro atoms. The van der Waals surface area contributed by atoms with Crippen molar-refractivity contribution in [3.8, 4) is 0 Å². The van der Waals surface area contributed by atoms with E-state index in [4.69, 9.17) is 34.8 Å². The lowest BCUT2D eigenvalue weighted by atomic mass is 10.8. The van der Waals surface area contributed by atoms with Crippen molar-refractivity contribution < 1.29 is 0 Å². The van der Waals surface area contributed by atoms with Crippen LogP contribution in [0.5, 0.6) is 0 Å². The third kappa shape index (κ3) is 61.0. The van der Waals surface area contributed by atoms with Crippen molar-refractivity contribution in [2.75, 3.05) is 0 Å². The van der Waals surface area contributed by atoms with E-state index in [2.05, 4.69) is 6.58 Å². The molecule has 9 heavy (non-hydrogen) atoms. The van der Waals surface area contributed by atoms with E-state index in [1.807, 2.05) is 0 Å². The second-order valence-electron chi connectivity index (χ2n) is 1.37. The van der Waals surface area contributed by atoms with Crippen LogP contribution in [0.3, 0.4) is 0 Å². The molecule has 0 aliphatic rings. The molecule has 0 aromatic heterocycles. The summed E-state index contributed by atoms with van der Waals surface area (Å²) in [5, 5.41) is 1.26. The molecule has 0 radical (unpaired) electrons. The standard InChI is InChI=1S/C3H4Cl2.C3H5Cl/c1-3(5)2-4;1-3(2)4/h2H,1H3;1H2,2H3. The average molecular weight is 187 g/mol. The summed E-state index contributed by atoms with van der Waals surface area (Å²) in [5.74, 6) is 0. The average Bonchev–Trinajstić information content (AvgIpc) is 1.65. The highest BCUT2D eigenvalue weighted by molar-refractivity contribution is 6.36. The zero-order chi connectivity index (χ0) is 7.86. The highest BCUT2D eigenvalue weighted by Gasteiger charge is 1.66. The number of halogens is 3. The Balaban J connectivity index is 0. The van der Waals surface area contributed by atoms with E-state index in [9.17, 15) is 0 Å². The van der Waals surface area contributed by atoms with Gasteiger partial charge >= 0.3 is 0 Å². The molecule has 0 heterocycles. The molecule has 0 unspecified atom stereocenters. The Labute approximate surface area is 71.1 Å². The minimum absolute atomic E-state index is 0.617. The van der Waals surface area contributed by atoms with Gasteiger partial charge in [0.25, 0.3) is 0 Å². The fourth-order valence-electron chi connectivity index (χ4n) is 0. The molecule has 0 atom stereocenters. The molecule has 0 fully saturated rings. The number of rotatable bonds is 0. The highest BCUT2D eigenvalue weighted by Crippen LogP contribution is 1.97. The van der Waals surface area contributed by atoms with Gasteiger partial charge in [0.15, 0.2) is 0 Å². The highest BCUT2D eigenvalue weighted by atomic mass is 35.5. The van der Waals surface area contributed by atoms with Gasteiger partial charge in [-0.25, -0.2) is 0 Å². The topological polar surface area (TPSA) is 0 Å². The summed E-state index contributed by atoms with van der Waals surface area (Å²) in [5.41, 5.74) is 1.32. The first-order chi connectivity index (χ1) is 4.00. The maximum Gasteiger partial charge on any atom is 0.0262 e. The molecular weight excluding hydrogens is 178 g/mol. The quantitative estimate of drug-likeness (QED) is 0.536. The molecule has 0 aliphatic carbocycles. The predicted molar refractivity (Wildman–Crippen MR) is 46.1 cm³/mol. The smallest absolute Gasteiger partial charge is 0.0262 e. The summed E-state index contributed by atoms with van der Waals surface area (Å²) in [6.07, 6.45) is 0. The van der Waals surface area contributed by atoms with Gasteiger partial charge < -0.3 is 0 Å². The molecule has 0 aromatic carbocycles. The van der Waals surface area contributed by atoms with Gasteiger partial charge in [-0.15, -0.1) is 0 Å². The summed E-state index contributed by atoms with van der Waals surface area (Å²) < 4.78 is 0. The number of hydrogen-bond donors (Lipinski definition) is 0. The molecular formula is C6H9Cl3. The Kier molecular flexibility index (Phi) is 11.2. The zero-order valence-electron chi connectivity index (χ0n) is 5.42. The van der Waals surface area contributed by atoms with Crippen molar-refractivity contribution in [1.29, 1.82) is 0 Å².